The van der Waals surface area contributed by atoms with Crippen LogP contribution >= 0.6 is 23.5 Å². The first-order valence-corrected chi connectivity index (χ1v) is 11.0. The van der Waals surface area contributed by atoms with Gasteiger partial charge < -0.3 is 10.1 Å². The smallest absolute Gasteiger partial charge is 0.339 e. The Morgan fingerprint density at radius 3 is 2.68 bits per heavy atom. The number of amides is 1. The summed E-state index contributed by atoms with van der Waals surface area (Å²) in [5.74, 6) is 0.797. The van der Waals surface area contributed by atoms with Crippen LogP contribution in [0.15, 0.2) is 53.5 Å². The number of benzene rings is 2. The van der Waals surface area contributed by atoms with E-state index in [1.165, 1.54) is 0 Å². The number of nitrogens with zero attached hydrogens (tertiary/aromatic N) is 1. The third-order valence-corrected chi connectivity index (χ3v) is 6.42. The van der Waals surface area contributed by atoms with Crippen molar-refractivity contribution < 1.29 is 14.3 Å². The fourth-order valence-corrected chi connectivity index (χ4v) is 4.56. The zero-order chi connectivity index (χ0) is 19.9. The molecule has 0 saturated carbocycles. The summed E-state index contributed by atoms with van der Waals surface area (Å²) in [4.78, 5) is 29.4. The van der Waals surface area contributed by atoms with Crippen molar-refractivity contribution in [3.8, 4) is 0 Å². The molecule has 0 bridgehead atoms. The van der Waals surface area contributed by atoms with E-state index in [0.717, 1.165) is 27.8 Å². The van der Waals surface area contributed by atoms with Gasteiger partial charge in [0.2, 0.25) is 0 Å². The highest BCUT2D eigenvalue weighted by Gasteiger charge is 2.21. The molecule has 2 aromatic rings. The van der Waals surface area contributed by atoms with Gasteiger partial charge >= 0.3 is 5.97 Å². The predicted molar refractivity (Wildman–Crippen MR) is 117 cm³/mol. The molecule has 3 rings (SSSR count). The highest BCUT2D eigenvalue weighted by atomic mass is 32.2. The summed E-state index contributed by atoms with van der Waals surface area (Å²) < 4.78 is 6.46. The number of aliphatic imine (C=N–C) groups is 1. The number of thioether (sulfide) groups is 2. The largest absolute Gasteiger partial charge is 0.449 e. The summed E-state index contributed by atoms with van der Waals surface area (Å²) in [5, 5.41) is 2.76. The first kappa shape index (κ1) is 20.5. The van der Waals surface area contributed by atoms with E-state index in [9.17, 15) is 9.59 Å². The van der Waals surface area contributed by atoms with Crippen molar-refractivity contribution in [1.82, 2.24) is 0 Å². The average molecular weight is 415 g/mol. The highest BCUT2D eigenvalue weighted by molar-refractivity contribution is 8.38. The highest BCUT2D eigenvalue weighted by Crippen LogP contribution is 2.26. The van der Waals surface area contributed by atoms with E-state index in [1.54, 1.807) is 42.6 Å². The van der Waals surface area contributed by atoms with E-state index in [-0.39, 0.29) is 5.91 Å². The van der Waals surface area contributed by atoms with Gasteiger partial charge in [0.05, 0.1) is 12.1 Å². The number of esters is 1. The molecular formula is C21H22N2O3S2. The predicted octanol–water partition coefficient (Wildman–Crippen LogP) is 4.52. The number of hydrogen-bond acceptors (Lipinski definition) is 6. The maximum atomic E-state index is 12.6. The maximum absolute atomic E-state index is 12.6. The minimum atomic E-state index is -0.899. The average Bonchev–Trinajstić information content (AvgIpc) is 3.22. The molecule has 1 atom stereocenters. The molecule has 0 fully saturated rings. The van der Waals surface area contributed by atoms with Crippen LogP contribution in [0.25, 0.3) is 0 Å². The second-order valence-corrected chi connectivity index (χ2v) is 8.65. The third kappa shape index (κ3) is 5.62. The Kier molecular flexibility index (Phi) is 7.17. The lowest BCUT2D eigenvalue weighted by Crippen LogP contribution is -2.30. The van der Waals surface area contributed by atoms with E-state index in [0.29, 0.717) is 17.0 Å². The van der Waals surface area contributed by atoms with Gasteiger partial charge in [0.25, 0.3) is 5.91 Å². The lowest BCUT2D eigenvalue weighted by molar-refractivity contribution is -0.123. The molecule has 2 aromatic carbocycles. The molecular weight excluding hydrogens is 392 g/mol. The Balaban J connectivity index is 1.60. The quantitative estimate of drug-likeness (QED) is 0.704. The topological polar surface area (TPSA) is 67.8 Å². The molecule has 1 aliphatic heterocycles. The minimum absolute atomic E-state index is 0.360. The molecule has 0 spiro atoms. The van der Waals surface area contributed by atoms with Crippen molar-refractivity contribution in [1.29, 1.82) is 0 Å². The van der Waals surface area contributed by atoms with Crippen LogP contribution in [0.1, 0.15) is 28.4 Å². The van der Waals surface area contributed by atoms with Gasteiger partial charge in [-0.05, 0) is 37.6 Å². The molecule has 1 heterocycles. The number of rotatable bonds is 6. The Bertz CT molecular complexity index is 881. The first-order chi connectivity index (χ1) is 13.5. The van der Waals surface area contributed by atoms with Gasteiger partial charge in [-0.25, -0.2) is 4.79 Å². The molecule has 146 valence electrons. The molecule has 0 radical (unpaired) electrons. The number of carbonyl (C=O) groups is 2. The summed E-state index contributed by atoms with van der Waals surface area (Å²) in [7, 11) is 0. The van der Waals surface area contributed by atoms with Crippen molar-refractivity contribution in [3.63, 3.8) is 0 Å². The van der Waals surface area contributed by atoms with E-state index in [2.05, 4.69) is 10.3 Å². The fraction of sp³-hybridized carbons (Fsp3) is 0.286. The molecule has 5 nitrogen and oxygen atoms in total. The standard InChI is InChI=1S/C21H22N2O3S2/c1-14-7-9-17(10-8-14)23-19(24)15(2)26-20(25)18-6-4-3-5-16(18)13-28-21-22-11-12-27-21/h3-10,15H,11-13H2,1-2H3,(H,23,24)/t15-/m1/s1. The Hall–Kier alpha value is -2.25. The van der Waals surface area contributed by atoms with Crippen LogP contribution in [0.3, 0.4) is 0 Å². The molecule has 1 N–H and O–H groups in total. The summed E-state index contributed by atoms with van der Waals surface area (Å²) >= 11 is 3.36. The summed E-state index contributed by atoms with van der Waals surface area (Å²) in [6.45, 7) is 4.40. The third-order valence-electron chi connectivity index (χ3n) is 4.12. The van der Waals surface area contributed by atoms with Crippen LogP contribution in [0.2, 0.25) is 0 Å². The van der Waals surface area contributed by atoms with Gasteiger partial charge in [0, 0.05) is 17.2 Å². The Labute approximate surface area is 173 Å². The zero-order valence-electron chi connectivity index (χ0n) is 15.8. The van der Waals surface area contributed by atoms with Crippen molar-refractivity contribution >= 4 is 45.5 Å². The maximum Gasteiger partial charge on any atom is 0.339 e. The first-order valence-electron chi connectivity index (χ1n) is 8.99. The second kappa shape index (κ2) is 9.80. The molecule has 1 aliphatic rings. The number of hydrogen-bond donors (Lipinski definition) is 1. The van der Waals surface area contributed by atoms with Crippen molar-refractivity contribution in [2.75, 3.05) is 17.6 Å². The molecule has 0 saturated heterocycles. The van der Waals surface area contributed by atoms with E-state index in [4.69, 9.17) is 4.74 Å². The van der Waals surface area contributed by atoms with Crippen LogP contribution in [-0.2, 0) is 15.3 Å². The lowest BCUT2D eigenvalue weighted by Gasteiger charge is -2.15. The van der Waals surface area contributed by atoms with Gasteiger partial charge in [-0.2, -0.15) is 0 Å². The summed E-state index contributed by atoms with van der Waals surface area (Å²) in [5.41, 5.74) is 3.13. The molecule has 0 unspecified atom stereocenters. The van der Waals surface area contributed by atoms with Crippen molar-refractivity contribution in [3.05, 3.63) is 65.2 Å². The fourth-order valence-electron chi connectivity index (χ4n) is 2.55. The zero-order valence-corrected chi connectivity index (χ0v) is 17.4. The van der Waals surface area contributed by atoms with Crippen LogP contribution in [0.4, 0.5) is 5.69 Å². The minimum Gasteiger partial charge on any atom is -0.449 e. The van der Waals surface area contributed by atoms with Gasteiger partial charge in [-0.3, -0.25) is 9.79 Å². The molecule has 28 heavy (non-hydrogen) atoms. The number of ether oxygens (including phenoxy) is 1. The monoisotopic (exact) mass is 414 g/mol. The summed E-state index contributed by atoms with van der Waals surface area (Å²) in [6, 6.07) is 14.8. The van der Waals surface area contributed by atoms with E-state index < -0.39 is 12.1 Å². The van der Waals surface area contributed by atoms with Crippen molar-refractivity contribution in [2.45, 2.75) is 25.7 Å². The van der Waals surface area contributed by atoms with Gasteiger partial charge in [-0.1, -0.05) is 59.4 Å². The normalized spacial score (nSPS) is 14.3. The lowest BCUT2D eigenvalue weighted by atomic mass is 10.1. The van der Waals surface area contributed by atoms with Crippen LogP contribution in [0.5, 0.6) is 0 Å². The SMILES string of the molecule is Cc1ccc(NC(=O)[C@@H](C)OC(=O)c2ccccc2CSC2=NCCS2)cc1. The van der Waals surface area contributed by atoms with Gasteiger partial charge in [-0.15, -0.1) is 0 Å². The van der Waals surface area contributed by atoms with Gasteiger partial charge in [0.15, 0.2) is 6.10 Å². The number of nitrogens with one attached hydrogen (secondary N) is 1. The molecule has 0 aromatic heterocycles. The van der Waals surface area contributed by atoms with E-state index in [1.807, 2.05) is 43.3 Å². The van der Waals surface area contributed by atoms with Crippen LogP contribution in [0, 0.1) is 6.92 Å². The number of carbonyl (C=O) groups excluding carboxylic acids is 2. The molecule has 7 heteroatoms. The number of aryl methyl sites for hydroxylation is 1. The Morgan fingerprint density at radius 2 is 1.96 bits per heavy atom. The number of anilines is 1. The van der Waals surface area contributed by atoms with Crippen LogP contribution < -0.4 is 5.32 Å². The Morgan fingerprint density at radius 1 is 1.21 bits per heavy atom. The van der Waals surface area contributed by atoms with Gasteiger partial charge in [0.1, 0.15) is 4.38 Å². The van der Waals surface area contributed by atoms with Crippen LogP contribution in [-0.4, -0.2) is 34.7 Å². The summed E-state index contributed by atoms with van der Waals surface area (Å²) in [6.07, 6.45) is -0.899. The van der Waals surface area contributed by atoms with Crippen molar-refractivity contribution in [2.24, 2.45) is 4.99 Å². The van der Waals surface area contributed by atoms with E-state index >= 15 is 0 Å². The molecule has 1 amide bonds. The second-order valence-electron chi connectivity index (χ2n) is 6.34. The molecule has 0 aliphatic carbocycles.